The van der Waals surface area contributed by atoms with Crippen LogP contribution in [0.5, 0.6) is 5.75 Å². The number of aryl methyl sites for hydroxylation is 2. The first-order valence-corrected chi connectivity index (χ1v) is 10.4. The number of benzene rings is 2. The molecule has 2 heterocycles. The molecule has 0 spiro atoms. The van der Waals surface area contributed by atoms with Crippen LogP contribution in [0, 0.1) is 18.5 Å². The number of hydrogen-bond acceptors (Lipinski definition) is 4. The Kier molecular flexibility index (Phi) is 4.40. The summed E-state index contributed by atoms with van der Waals surface area (Å²) < 4.78 is 8.88. The van der Waals surface area contributed by atoms with Crippen molar-refractivity contribution in [3.63, 3.8) is 0 Å². The molecule has 0 radical (unpaired) electrons. The molecule has 0 amide bonds. The van der Waals surface area contributed by atoms with Crippen LogP contribution in [0.3, 0.4) is 0 Å². The van der Waals surface area contributed by atoms with Gasteiger partial charge in [-0.05, 0) is 64.4 Å². The van der Waals surface area contributed by atoms with Crippen LogP contribution in [-0.2, 0) is 5.54 Å². The quantitative estimate of drug-likeness (QED) is 0.504. The third-order valence-corrected chi connectivity index (χ3v) is 6.95. The molecule has 2 aromatic carbocycles. The van der Waals surface area contributed by atoms with E-state index in [1.165, 1.54) is 10.4 Å². The van der Waals surface area contributed by atoms with Gasteiger partial charge in [0.1, 0.15) is 10.4 Å². The Balaban J connectivity index is 1.97. The van der Waals surface area contributed by atoms with Crippen molar-refractivity contribution in [2.75, 3.05) is 11.9 Å². The number of ether oxygens (including phenoxy) is 1. The van der Waals surface area contributed by atoms with E-state index in [9.17, 15) is 0 Å². The van der Waals surface area contributed by atoms with Gasteiger partial charge in [-0.15, -0.1) is 0 Å². The minimum absolute atomic E-state index is 0.184. The molecule has 0 aliphatic carbocycles. The molecule has 3 nitrogen and oxygen atoms in total. The van der Waals surface area contributed by atoms with E-state index < -0.39 is 0 Å². The van der Waals surface area contributed by atoms with Gasteiger partial charge in [0.05, 0.1) is 22.7 Å². The van der Waals surface area contributed by atoms with Gasteiger partial charge in [-0.2, -0.15) is 0 Å². The smallest absolute Gasteiger partial charge is 0.129 e. The van der Waals surface area contributed by atoms with Crippen LogP contribution in [-0.4, -0.2) is 10.6 Å². The standard InChI is InChI=1S/C22H24N2OS2/c1-6-25-18-12-16-17(11-14(18)3)23-22(4,5)20-19(16)21(26)24(27-20)15-9-7-13(2)8-10-15/h7-12,23H,6H2,1-5H3. The average molecular weight is 397 g/mol. The van der Waals surface area contributed by atoms with Gasteiger partial charge in [0.25, 0.3) is 0 Å². The Hall–Kier alpha value is -2.11. The van der Waals surface area contributed by atoms with Crippen molar-refractivity contribution in [1.82, 2.24) is 3.96 Å². The van der Waals surface area contributed by atoms with Crippen LogP contribution in [0.1, 0.15) is 36.8 Å². The highest BCUT2D eigenvalue weighted by Gasteiger charge is 2.35. The number of rotatable bonds is 3. The molecule has 4 rings (SSSR count). The SMILES string of the molecule is CCOc1cc2c(cc1C)NC(C)(C)c1sn(-c3ccc(C)cc3)c(=S)c1-2. The maximum absolute atomic E-state index is 5.95. The second-order valence-corrected chi connectivity index (χ2v) is 8.92. The number of nitrogens with zero attached hydrogens (tertiary/aromatic N) is 1. The third kappa shape index (κ3) is 2.99. The molecule has 3 aromatic rings. The first-order chi connectivity index (χ1) is 12.8. The molecule has 0 bridgehead atoms. The summed E-state index contributed by atoms with van der Waals surface area (Å²) in [5, 5.41) is 3.70. The monoisotopic (exact) mass is 396 g/mol. The maximum Gasteiger partial charge on any atom is 0.129 e. The minimum atomic E-state index is -0.184. The molecule has 0 atom stereocenters. The molecule has 1 aliphatic rings. The largest absolute Gasteiger partial charge is 0.494 e. The van der Waals surface area contributed by atoms with Crippen molar-refractivity contribution in [2.24, 2.45) is 0 Å². The van der Waals surface area contributed by atoms with Crippen LogP contribution in [0.2, 0.25) is 0 Å². The summed E-state index contributed by atoms with van der Waals surface area (Å²) in [5.74, 6) is 0.922. The maximum atomic E-state index is 5.95. The molecule has 5 heteroatoms. The summed E-state index contributed by atoms with van der Waals surface area (Å²) in [6.45, 7) is 11.3. The van der Waals surface area contributed by atoms with Crippen molar-refractivity contribution in [3.05, 3.63) is 57.0 Å². The van der Waals surface area contributed by atoms with Gasteiger partial charge in [0.15, 0.2) is 0 Å². The van der Waals surface area contributed by atoms with Gasteiger partial charge in [0, 0.05) is 16.8 Å². The van der Waals surface area contributed by atoms with Gasteiger partial charge in [0.2, 0.25) is 0 Å². The van der Waals surface area contributed by atoms with E-state index in [2.05, 4.69) is 73.4 Å². The molecule has 27 heavy (non-hydrogen) atoms. The Morgan fingerprint density at radius 3 is 2.52 bits per heavy atom. The fraction of sp³-hybridized carbons (Fsp3) is 0.318. The predicted octanol–water partition coefficient (Wildman–Crippen LogP) is 6.61. The molecule has 0 fully saturated rings. The first-order valence-electron chi connectivity index (χ1n) is 9.21. The average Bonchev–Trinajstić information content (AvgIpc) is 2.96. The highest BCUT2D eigenvalue weighted by Crippen LogP contribution is 2.49. The number of aromatic nitrogens is 1. The van der Waals surface area contributed by atoms with Gasteiger partial charge >= 0.3 is 0 Å². The predicted molar refractivity (Wildman–Crippen MR) is 117 cm³/mol. The number of hydrogen-bond donors (Lipinski definition) is 1. The van der Waals surface area contributed by atoms with Crippen LogP contribution >= 0.6 is 23.8 Å². The van der Waals surface area contributed by atoms with E-state index in [4.69, 9.17) is 17.0 Å². The summed E-state index contributed by atoms with van der Waals surface area (Å²) in [4.78, 5) is 1.26. The highest BCUT2D eigenvalue weighted by molar-refractivity contribution is 7.71. The molecule has 140 valence electrons. The van der Waals surface area contributed by atoms with E-state index in [1.54, 1.807) is 11.5 Å². The Bertz CT molecular complexity index is 1070. The zero-order valence-electron chi connectivity index (χ0n) is 16.3. The zero-order chi connectivity index (χ0) is 19.3. The van der Waals surface area contributed by atoms with Crippen molar-refractivity contribution >= 4 is 29.4 Å². The van der Waals surface area contributed by atoms with E-state index in [0.29, 0.717) is 6.61 Å². The van der Waals surface area contributed by atoms with Gasteiger partial charge in [-0.25, -0.2) is 0 Å². The zero-order valence-corrected chi connectivity index (χ0v) is 18.0. The van der Waals surface area contributed by atoms with Crippen molar-refractivity contribution in [3.8, 4) is 22.6 Å². The van der Waals surface area contributed by atoms with Crippen LogP contribution < -0.4 is 10.1 Å². The summed E-state index contributed by atoms with van der Waals surface area (Å²) in [5.41, 5.74) is 6.70. The number of fused-ring (bicyclic) bond motifs is 3. The minimum Gasteiger partial charge on any atom is -0.494 e. The fourth-order valence-corrected chi connectivity index (χ4v) is 5.25. The van der Waals surface area contributed by atoms with E-state index in [1.807, 2.05) is 6.92 Å². The topological polar surface area (TPSA) is 26.2 Å². The second-order valence-electron chi connectivity index (χ2n) is 7.58. The summed E-state index contributed by atoms with van der Waals surface area (Å²) in [6.07, 6.45) is 0. The van der Waals surface area contributed by atoms with Gasteiger partial charge in [-0.1, -0.05) is 41.4 Å². The second kappa shape index (κ2) is 6.50. The molecule has 1 aliphatic heterocycles. The highest BCUT2D eigenvalue weighted by atomic mass is 32.1. The van der Waals surface area contributed by atoms with Gasteiger partial charge < -0.3 is 10.1 Å². The van der Waals surface area contributed by atoms with Crippen LogP contribution in [0.4, 0.5) is 5.69 Å². The molecule has 0 saturated carbocycles. The van der Waals surface area contributed by atoms with Crippen molar-refractivity contribution in [2.45, 2.75) is 40.2 Å². The summed E-state index contributed by atoms with van der Waals surface area (Å²) >= 11 is 7.68. The normalized spacial score (nSPS) is 14.3. The lowest BCUT2D eigenvalue weighted by Crippen LogP contribution is -2.30. The Morgan fingerprint density at radius 2 is 1.85 bits per heavy atom. The third-order valence-electron chi connectivity index (χ3n) is 4.98. The lowest BCUT2D eigenvalue weighted by molar-refractivity contribution is 0.338. The fourth-order valence-electron chi connectivity index (χ4n) is 3.59. The summed E-state index contributed by atoms with van der Waals surface area (Å²) in [6, 6.07) is 12.8. The van der Waals surface area contributed by atoms with E-state index >= 15 is 0 Å². The number of anilines is 1. The van der Waals surface area contributed by atoms with E-state index in [0.717, 1.165) is 38.5 Å². The molecule has 0 saturated heterocycles. The van der Waals surface area contributed by atoms with Crippen molar-refractivity contribution in [1.29, 1.82) is 0 Å². The lowest BCUT2D eigenvalue weighted by Gasteiger charge is -2.33. The van der Waals surface area contributed by atoms with E-state index in [-0.39, 0.29) is 5.54 Å². The summed E-state index contributed by atoms with van der Waals surface area (Å²) in [7, 11) is 0. The molecular weight excluding hydrogens is 372 g/mol. The number of nitrogens with one attached hydrogen (secondary N) is 1. The first kappa shape index (κ1) is 18.3. The molecule has 1 N–H and O–H groups in total. The molecule has 1 aromatic heterocycles. The Labute approximate surface area is 169 Å². The van der Waals surface area contributed by atoms with Crippen molar-refractivity contribution < 1.29 is 4.74 Å². The lowest BCUT2D eigenvalue weighted by atomic mass is 9.89. The molecule has 0 unspecified atom stereocenters. The Morgan fingerprint density at radius 1 is 1.15 bits per heavy atom. The molecular formula is C22H24N2OS2. The van der Waals surface area contributed by atoms with Crippen LogP contribution in [0.15, 0.2) is 36.4 Å². The van der Waals surface area contributed by atoms with Crippen LogP contribution in [0.25, 0.3) is 16.8 Å². The van der Waals surface area contributed by atoms with Gasteiger partial charge in [-0.3, -0.25) is 3.96 Å².